The molecule has 2 N–H and O–H groups in total. The van der Waals surface area contributed by atoms with Crippen molar-refractivity contribution in [2.24, 2.45) is 5.92 Å². The van der Waals surface area contributed by atoms with Crippen LogP contribution in [0.1, 0.15) is 44.6 Å². The number of aromatic carboxylic acids is 1. The van der Waals surface area contributed by atoms with Gasteiger partial charge in [-0.15, -0.1) is 0 Å². The molecule has 4 aromatic carbocycles. The van der Waals surface area contributed by atoms with Crippen LogP contribution < -0.4 is 5.32 Å². The van der Waals surface area contributed by atoms with E-state index in [1.54, 1.807) is 6.07 Å². The second kappa shape index (κ2) is 6.46. The Labute approximate surface area is 175 Å². The fourth-order valence-corrected chi connectivity index (χ4v) is 5.60. The molecule has 3 nitrogen and oxygen atoms in total. The lowest BCUT2D eigenvalue weighted by Crippen LogP contribution is -2.31. The van der Waals surface area contributed by atoms with Crippen molar-refractivity contribution in [3.63, 3.8) is 0 Å². The number of fused-ring (bicyclic) bond motifs is 6. The third-order valence-electron chi connectivity index (χ3n) is 6.82. The highest BCUT2D eigenvalue weighted by molar-refractivity contribution is 5.96. The van der Waals surface area contributed by atoms with Gasteiger partial charge in [0.25, 0.3) is 0 Å². The van der Waals surface area contributed by atoms with Gasteiger partial charge in [-0.05, 0) is 51.4 Å². The van der Waals surface area contributed by atoms with Gasteiger partial charge in [0, 0.05) is 5.92 Å². The normalized spacial score (nSPS) is 21.4. The lowest BCUT2D eigenvalue weighted by atomic mass is 9.74. The van der Waals surface area contributed by atoms with Crippen LogP contribution in [0.4, 0.5) is 5.69 Å². The van der Waals surface area contributed by atoms with Gasteiger partial charge in [-0.2, -0.15) is 0 Å². The van der Waals surface area contributed by atoms with Crippen molar-refractivity contribution in [1.29, 1.82) is 0 Å². The SMILES string of the molecule is O=C(O)c1cccc2c1NC(c1cccc3ccccc13)C1Cc3ccccc3C21. The Hall–Kier alpha value is -3.59. The predicted molar refractivity (Wildman–Crippen MR) is 119 cm³/mol. The maximum atomic E-state index is 12.0. The Bertz CT molecular complexity index is 1300. The number of benzene rings is 4. The average Bonchev–Trinajstić information content (AvgIpc) is 3.17. The van der Waals surface area contributed by atoms with Crippen molar-refractivity contribution in [1.82, 2.24) is 0 Å². The Balaban J connectivity index is 1.61. The molecule has 0 saturated heterocycles. The molecule has 0 radical (unpaired) electrons. The van der Waals surface area contributed by atoms with Gasteiger partial charge in [-0.1, -0.05) is 78.9 Å². The van der Waals surface area contributed by atoms with E-state index >= 15 is 0 Å². The van der Waals surface area contributed by atoms with Crippen molar-refractivity contribution in [2.45, 2.75) is 18.4 Å². The quantitative estimate of drug-likeness (QED) is 0.440. The fourth-order valence-electron chi connectivity index (χ4n) is 5.60. The predicted octanol–water partition coefficient (Wildman–Crippen LogP) is 6.01. The summed E-state index contributed by atoms with van der Waals surface area (Å²) >= 11 is 0. The molecule has 0 aromatic heterocycles. The molecule has 0 spiro atoms. The molecule has 1 heterocycles. The van der Waals surface area contributed by atoms with E-state index in [0.29, 0.717) is 11.5 Å². The molecular weight excluding hydrogens is 370 g/mol. The second-order valence-corrected chi connectivity index (χ2v) is 8.31. The number of carboxylic acids is 1. The maximum Gasteiger partial charge on any atom is 0.337 e. The van der Waals surface area contributed by atoms with Gasteiger partial charge in [-0.3, -0.25) is 0 Å². The first-order valence-corrected chi connectivity index (χ1v) is 10.4. The van der Waals surface area contributed by atoms with Crippen LogP contribution in [0.15, 0.2) is 84.9 Å². The molecule has 0 fully saturated rings. The summed E-state index contributed by atoms with van der Waals surface area (Å²) in [7, 11) is 0. The second-order valence-electron chi connectivity index (χ2n) is 8.31. The van der Waals surface area contributed by atoms with Crippen LogP contribution in [0.5, 0.6) is 0 Å². The molecule has 3 atom stereocenters. The number of anilines is 1. The van der Waals surface area contributed by atoms with Gasteiger partial charge >= 0.3 is 5.97 Å². The smallest absolute Gasteiger partial charge is 0.337 e. The van der Waals surface area contributed by atoms with E-state index in [1.165, 1.54) is 27.5 Å². The topological polar surface area (TPSA) is 49.3 Å². The molecule has 146 valence electrons. The van der Waals surface area contributed by atoms with Crippen molar-refractivity contribution in [2.75, 3.05) is 5.32 Å². The molecule has 0 amide bonds. The third kappa shape index (κ3) is 2.42. The summed E-state index contributed by atoms with van der Waals surface area (Å²) in [5, 5.41) is 16.0. The minimum Gasteiger partial charge on any atom is -0.478 e. The minimum absolute atomic E-state index is 0.0431. The minimum atomic E-state index is -0.888. The summed E-state index contributed by atoms with van der Waals surface area (Å²) in [5.74, 6) is -0.355. The number of para-hydroxylation sites is 1. The van der Waals surface area contributed by atoms with Gasteiger partial charge in [0.2, 0.25) is 0 Å². The van der Waals surface area contributed by atoms with Gasteiger partial charge in [-0.25, -0.2) is 4.79 Å². The van der Waals surface area contributed by atoms with E-state index in [1.807, 2.05) is 6.07 Å². The molecule has 2 aliphatic rings. The van der Waals surface area contributed by atoms with Crippen LogP contribution >= 0.6 is 0 Å². The number of carbonyl (C=O) groups is 1. The van der Waals surface area contributed by atoms with Crippen LogP contribution in [0.3, 0.4) is 0 Å². The highest BCUT2D eigenvalue weighted by Crippen LogP contribution is 2.55. The van der Waals surface area contributed by atoms with Crippen molar-refractivity contribution in [3.8, 4) is 0 Å². The van der Waals surface area contributed by atoms with Crippen LogP contribution in [0, 0.1) is 5.92 Å². The van der Waals surface area contributed by atoms with Crippen molar-refractivity contribution in [3.05, 3.63) is 113 Å². The Morgan fingerprint density at radius 2 is 1.50 bits per heavy atom. The van der Waals surface area contributed by atoms with E-state index in [9.17, 15) is 9.90 Å². The molecule has 0 saturated carbocycles. The molecule has 3 heteroatoms. The lowest BCUT2D eigenvalue weighted by Gasteiger charge is -2.39. The van der Waals surface area contributed by atoms with E-state index in [4.69, 9.17) is 0 Å². The molecule has 0 bridgehead atoms. The molecule has 3 unspecified atom stereocenters. The monoisotopic (exact) mass is 391 g/mol. The van der Waals surface area contributed by atoms with Crippen LogP contribution in [-0.2, 0) is 6.42 Å². The van der Waals surface area contributed by atoms with Gasteiger partial charge in [0.05, 0.1) is 17.3 Å². The van der Waals surface area contributed by atoms with E-state index in [-0.39, 0.29) is 12.0 Å². The molecule has 1 aliphatic carbocycles. The molecule has 30 heavy (non-hydrogen) atoms. The first-order valence-electron chi connectivity index (χ1n) is 10.4. The Kier molecular flexibility index (Phi) is 3.72. The first kappa shape index (κ1) is 17.3. The number of nitrogens with one attached hydrogen (secondary N) is 1. The van der Waals surface area contributed by atoms with Gasteiger partial charge in [0.15, 0.2) is 0 Å². The maximum absolute atomic E-state index is 12.0. The first-order chi connectivity index (χ1) is 14.7. The molecular formula is C27H21NO2. The van der Waals surface area contributed by atoms with E-state index < -0.39 is 5.97 Å². The summed E-state index contributed by atoms with van der Waals surface area (Å²) in [4.78, 5) is 12.0. The summed E-state index contributed by atoms with van der Waals surface area (Å²) in [6, 6.07) is 29.2. The van der Waals surface area contributed by atoms with Crippen LogP contribution in [0.25, 0.3) is 10.8 Å². The zero-order chi connectivity index (χ0) is 20.2. The number of hydrogen-bond acceptors (Lipinski definition) is 2. The largest absolute Gasteiger partial charge is 0.478 e. The summed E-state index contributed by atoms with van der Waals surface area (Å²) in [6.07, 6.45) is 0.985. The zero-order valence-electron chi connectivity index (χ0n) is 16.4. The lowest BCUT2D eigenvalue weighted by molar-refractivity contribution is 0.0697. The molecule has 4 aromatic rings. The van der Waals surface area contributed by atoms with Gasteiger partial charge < -0.3 is 10.4 Å². The van der Waals surface area contributed by atoms with E-state index in [2.05, 4.69) is 78.1 Å². The Morgan fingerprint density at radius 3 is 2.40 bits per heavy atom. The van der Waals surface area contributed by atoms with Crippen LogP contribution in [-0.4, -0.2) is 11.1 Å². The van der Waals surface area contributed by atoms with Crippen LogP contribution in [0.2, 0.25) is 0 Å². The van der Waals surface area contributed by atoms with Gasteiger partial charge in [0.1, 0.15) is 0 Å². The highest BCUT2D eigenvalue weighted by atomic mass is 16.4. The Morgan fingerprint density at radius 1 is 0.800 bits per heavy atom. The molecule has 1 aliphatic heterocycles. The van der Waals surface area contributed by atoms with Crippen molar-refractivity contribution >= 4 is 22.4 Å². The third-order valence-corrected chi connectivity index (χ3v) is 6.82. The fraction of sp³-hybridized carbons (Fsp3) is 0.148. The zero-order valence-corrected chi connectivity index (χ0v) is 16.4. The molecule has 6 rings (SSSR count). The summed E-state index contributed by atoms with van der Waals surface area (Å²) in [6.45, 7) is 0. The number of rotatable bonds is 2. The summed E-state index contributed by atoms with van der Waals surface area (Å²) < 4.78 is 0. The van der Waals surface area contributed by atoms with E-state index in [0.717, 1.165) is 17.7 Å². The number of carboxylic acid groups (broad SMARTS) is 1. The standard InChI is InChI=1S/C27H21NO2/c29-27(30)22-14-6-13-21-24-19-11-4-2-8-17(19)15-23(24)25(28-26(21)22)20-12-5-9-16-7-1-3-10-18(16)20/h1-14,23-25,28H,15H2,(H,29,30). The summed E-state index contributed by atoms with van der Waals surface area (Å²) in [5.41, 5.74) is 6.15. The van der Waals surface area contributed by atoms with Crippen molar-refractivity contribution < 1.29 is 9.90 Å². The number of hydrogen-bond donors (Lipinski definition) is 2. The average molecular weight is 391 g/mol. The highest BCUT2D eigenvalue weighted by Gasteiger charge is 2.44.